The minimum absolute atomic E-state index is 0.133. The molecule has 0 bridgehead atoms. The van der Waals surface area contributed by atoms with Crippen LogP contribution in [0.5, 0.6) is 5.75 Å². The Kier molecular flexibility index (Phi) is 6.04. The summed E-state index contributed by atoms with van der Waals surface area (Å²) in [5, 5.41) is 7.21. The molecule has 1 heterocycles. The average molecular weight is 405 g/mol. The molecule has 1 aromatic heterocycles. The smallest absolute Gasteiger partial charge is 0.278 e. The van der Waals surface area contributed by atoms with Gasteiger partial charge in [-0.2, -0.15) is 0 Å². The standard InChI is InChI=1S/C20H18Cl2N2O3/c1-3-13-7-9-14(10-8-13)26-11-15-12(2)27-24-18(15)20(25)23-19-16(21)5-4-6-17(19)22/h4-10H,3,11H2,1-2H3,(H,23,25). The molecule has 1 amide bonds. The van der Waals surface area contributed by atoms with Crippen molar-refractivity contribution in [2.75, 3.05) is 5.32 Å². The van der Waals surface area contributed by atoms with E-state index >= 15 is 0 Å². The summed E-state index contributed by atoms with van der Waals surface area (Å²) < 4.78 is 11.0. The monoisotopic (exact) mass is 404 g/mol. The third-order valence-corrected chi connectivity index (χ3v) is 4.75. The Balaban J connectivity index is 1.76. The minimum atomic E-state index is -0.471. The first-order valence-electron chi connectivity index (χ1n) is 8.41. The number of para-hydroxylation sites is 1. The Labute approximate surface area is 167 Å². The van der Waals surface area contributed by atoms with Crippen LogP contribution in [0.1, 0.15) is 34.3 Å². The van der Waals surface area contributed by atoms with Gasteiger partial charge in [-0.3, -0.25) is 4.79 Å². The molecule has 2 aromatic carbocycles. The zero-order valence-corrected chi connectivity index (χ0v) is 16.4. The maximum Gasteiger partial charge on any atom is 0.278 e. The minimum Gasteiger partial charge on any atom is -0.489 e. The molecule has 27 heavy (non-hydrogen) atoms. The van der Waals surface area contributed by atoms with Gasteiger partial charge >= 0.3 is 0 Å². The molecule has 3 aromatic rings. The van der Waals surface area contributed by atoms with E-state index in [9.17, 15) is 4.79 Å². The number of ether oxygens (including phenoxy) is 1. The quantitative estimate of drug-likeness (QED) is 0.573. The maximum atomic E-state index is 12.6. The average Bonchev–Trinajstić information content (AvgIpc) is 3.04. The Hall–Kier alpha value is -2.50. The number of rotatable bonds is 6. The Morgan fingerprint density at radius 3 is 2.44 bits per heavy atom. The van der Waals surface area contributed by atoms with Crippen molar-refractivity contribution in [3.8, 4) is 5.75 Å². The SMILES string of the molecule is CCc1ccc(OCc2c(C(=O)Nc3c(Cl)cccc3Cl)noc2C)cc1. The molecule has 0 saturated heterocycles. The summed E-state index contributed by atoms with van der Waals surface area (Å²) in [5.74, 6) is 0.741. The second-order valence-electron chi connectivity index (χ2n) is 5.90. The highest BCUT2D eigenvalue weighted by molar-refractivity contribution is 6.40. The van der Waals surface area contributed by atoms with Crippen LogP contribution in [0.25, 0.3) is 0 Å². The summed E-state index contributed by atoms with van der Waals surface area (Å²) in [6.45, 7) is 3.97. The van der Waals surface area contributed by atoms with E-state index in [0.717, 1.165) is 6.42 Å². The zero-order valence-electron chi connectivity index (χ0n) is 14.9. The summed E-state index contributed by atoms with van der Waals surface area (Å²) >= 11 is 12.2. The molecule has 3 rings (SSSR count). The van der Waals surface area contributed by atoms with Crippen molar-refractivity contribution in [1.29, 1.82) is 0 Å². The first-order chi connectivity index (χ1) is 13.0. The van der Waals surface area contributed by atoms with Gasteiger partial charge in [0.1, 0.15) is 18.1 Å². The molecule has 0 spiro atoms. The van der Waals surface area contributed by atoms with E-state index in [0.29, 0.717) is 32.8 Å². The predicted octanol–water partition coefficient (Wildman–Crippen LogP) is 5.68. The van der Waals surface area contributed by atoms with Gasteiger partial charge in [0.25, 0.3) is 5.91 Å². The molecule has 0 aliphatic rings. The summed E-state index contributed by atoms with van der Waals surface area (Å²) in [6.07, 6.45) is 0.958. The first kappa shape index (κ1) is 19.3. The van der Waals surface area contributed by atoms with Gasteiger partial charge in [0.2, 0.25) is 0 Å². The molecule has 0 atom stereocenters. The zero-order chi connectivity index (χ0) is 19.4. The Bertz CT molecular complexity index is 932. The van der Waals surface area contributed by atoms with Crippen molar-refractivity contribution >= 4 is 34.8 Å². The van der Waals surface area contributed by atoms with Crippen LogP contribution in [-0.2, 0) is 13.0 Å². The Morgan fingerprint density at radius 1 is 1.15 bits per heavy atom. The Morgan fingerprint density at radius 2 is 1.81 bits per heavy atom. The van der Waals surface area contributed by atoms with Gasteiger partial charge < -0.3 is 14.6 Å². The number of hydrogen-bond donors (Lipinski definition) is 1. The van der Waals surface area contributed by atoms with Crippen molar-refractivity contribution in [2.45, 2.75) is 26.9 Å². The lowest BCUT2D eigenvalue weighted by molar-refractivity contribution is 0.101. The topological polar surface area (TPSA) is 64.4 Å². The highest BCUT2D eigenvalue weighted by atomic mass is 35.5. The number of anilines is 1. The number of benzene rings is 2. The highest BCUT2D eigenvalue weighted by Crippen LogP contribution is 2.30. The number of aryl methyl sites for hydroxylation is 2. The third kappa shape index (κ3) is 4.43. The fraction of sp³-hybridized carbons (Fsp3) is 0.200. The van der Waals surface area contributed by atoms with Crippen molar-refractivity contribution < 1.29 is 14.1 Å². The summed E-state index contributed by atoms with van der Waals surface area (Å²) in [5.41, 5.74) is 2.25. The number of amides is 1. The van der Waals surface area contributed by atoms with Gasteiger partial charge in [0, 0.05) is 0 Å². The normalized spacial score (nSPS) is 10.7. The fourth-order valence-electron chi connectivity index (χ4n) is 2.51. The van der Waals surface area contributed by atoms with Crippen molar-refractivity contribution in [3.63, 3.8) is 0 Å². The predicted molar refractivity (Wildman–Crippen MR) is 106 cm³/mol. The van der Waals surface area contributed by atoms with Crippen LogP contribution < -0.4 is 10.1 Å². The van der Waals surface area contributed by atoms with E-state index in [-0.39, 0.29) is 12.3 Å². The lowest BCUT2D eigenvalue weighted by Gasteiger charge is -2.09. The van der Waals surface area contributed by atoms with Crippen molar-refractivity contribution in [2.24, 2.45) is 0 Å². The lowest BCUT2D eigenvalue weighted by Crippen LogP contribution is -2.16. The van der Waals surface area contributed by atoms with E-state index in [4.69, 9.17) is 32.5 Å². The van der Waals surface area contributed by atoms with Crippen LogP contribution in [0, 0.1) is 6.92 Å². The van der Waals surface area contributed by atoms with E-state index in [1.54, 1.807) is 25.1 Å². The van der Waals surface area contributed by atoms with Crippen LogP contribution in [0.4, 0.5) is 5.69 Å². The molecule has 140 valence electrons. The van der Waals surface area contributed by atoms with Crippen LogP contribution in [0.3, 0.4) is 0 Å². The van der Waals surface area contributed by atoms with Crippen molar-refractivity contribution in [1.82, 2.24) is 5.16 Å². The van der Waals surface area contributed by atoms with Gasteiger partial charge in [0.05, 0.1) is 21.3 Å². The molecule has 0 aliphatic carbocycles. The summed E-state index contributed by atoms with van der Waals surface area (Å²) in [4.78, 5) is 12.6. The molecule has 0 radical (unpaired) electrons. The fourth-order valence-corrected chi connectivity index (χ4v) is 3.00. The van der Waals surface area contributed by atoms with E-state index in [1.807, 2.05) is 24.3 Å². The molecule has 7 heteroatoms. The number of aromatic nitrogens is 1. The number of carbonyl (C=O) groups is 1. The molecule has 5 nitrogen and oxygen atoms in total. The van der Waals surface area contributed by atoms with Gasteiger partial charge in [0.15, 0.2) is 5.69 Å². The third-order valence-electron chi connectivity index (χ3n) is 4.12. The van der Waals surface area contributed by atoms with Crippen LogP contribution in [-0.4, -0.2) is 11.1 Å². The van der Waals surface area contributed by atoms with Gasteiger partial charge in [-0.05, 0) is 43.2 Å². The van der Waals surface area contributed by atoms with Crippen LogP contribution >= 0.6 is 23.2 Å². The van der Waals surface area contributed by atoms with Crippen LogP contribution in [0.2, 0.25) is 10.0 Å². The molecule has 0 fully saturated rings. The maximum absolute atomic E-state index is 12.6. The van der Waals surface area contributed by atoms with E-state index < -0.39 is 5.91 Å². The van der Waals surface area contributed by atoms with Gasteiger partial charge in [-0.25, -0.2) is 0 Å². The second kappa shape index (κ2) is 8.46. The molecular weight excluding hydrogens is 387 g/mol. The van der Waals surface area contributed by atoms with Crippen LogP contribution in [0.15, 0.2) is 47.0 Å². The van der Waals surface area contributed by atoms with Crippen molar-refractivity contribution in [3.05, 3.63) is 75.1 Å². The number of nitrogens with one attached hydrogen (secondary N) is 1. The molecule has 1 N–H and O–H groups in total. The highest BCUT2D eigenvalue weighted by Gasteiger charge is 2.22. The molecule has 0 aliphatic heterocycles. The van der Waals surface area contributed by atoms with E-state index in [1.165, 1.54) is 5.56 Å². The summed E-state index contributed by atoms with van der Waals surface area (Å²) in [6, 6.07) is 12.8. The largest absolute Gasteiger partial charge is 0.489 e. The van der Waals surface area contributed by atoms with Gasteiger partial charge in [-0.1, -0.05) is 53.5 Å². The lowest BCUT2D eigenvalue weighted by atomic mass is 10.1. The molecule has 0 saturated carbocycles. The number of nitrogens with zero attached hydrogens (tertiary/aromatic N) is 1. The van der Waals surface area contributed by atoms with Gasteiger partial charge in [-0.15, -0.1) is 0 Å². The van der Waals surface area contributed by atoms with E-state index in [2.05, 4.69) is 17.4 Å². The molecule has 0 unspecified atom stereocenters. The first-order valence-corrected chi connectivity index (χ1v) is 9.17. The summed E-state index contributed by atoms with van der Waals surface area (Å²) in [7, 11) is 0. The second-order valence-corrected chi connectivity index (χ2v) is 6.72. The number of carbonyl (C=O) groups excluding carboxylic acids is 1. The number of halogens is 2. The number of hydrogen-bond acceptors (Lipinski definition) is 4. The molecular formula is C20H18Cl2N2O3.